The van der Waals surface area contributed by atoms with Crippen LogP contribution in [0, 0.1) is 17.8 Å². The smallest absolute Gasteiger partial charge is 0.255 e. The van der Waals surface area contributed by atoms with E-state index in [9.17, 15) is 17.6 Å². The van der Waals surface area contributed by atoms with Gasteiger partial charge in [0.05, 0.1) is 0 Å². The number of halogens is 4. The third-order valence-corrected chi connectivity index (χ3v) is 5.98. The highest BCUT2D eigenvalue weighted by Crippen LogP contribution is 2.45. The van der Waals surface area contributed by atoms with E-state index in [2.05, 4.69) is 0 Å². The summed E-state index contributed by atoms with van der Waals surface area (Å²) in [7, 11) is 0. The summed E-state index contributed by atoms with van der Waals surface area (Å²) in [6, 6.07) is 0.326. The lowest BCUT2D eigenvalue weighted by atomic mass is 9.77. The molecule has 0 spiro atoms. The van der Waals surface area contributed by atoms with E-state index < -0.39 is 29.6 Å². The number of piperidine rings is 2. The first kappa shape index (κ1) is 20.0. The Hall–Kier alpha value is -0.360. The predicted octanol–water partition coefficient (Wildman–Crippen LogP) is 4.35. The highest BCUT2D eigenvalue weighted by atomic mass is 19.3. The number of likely N-dealkylation sites (tertiary alicyclic amines) is 2. The van der Waals surface area contributed by atoms with E-state index in [-0.39, 0.29) is 38.0 Å². The summed E-state index contributed by atoms with van der Waals surface area (Å²) in [5.74, 6) is -8.49. The van der Waals surface area contributed by atoms with Crippen molar-refractivity contribution in [1.29, 1.82) is 0 Å². The van der Waals surface area contributed by atoms with Gasteiger partial charge in [-0.3, -0.25) is 4.90 Å². The van der Waals surface area contributed by atoms with Crippen molar-refractivity contribution in [3.63, 3.8) is 0 Å². The molecule has 2 nitrogen and oxygen atoms in total. The van der Waals surface area contributed by atoms with E-state index in [1.54, 1.807) is 6.92 Å². The maximum Gasteiger partial charge on any atom is 0.255 e. The lowest BCUT2D eigenvalue weighted by molar-refractivity contribution is -0.175. The van der Waals surface area contributed by atoms with E-state index in [1.807, 2.05) is 37.5 Å². The van der Waals surface area contributed by atoms with Gasteiger partial charge in [0.15, 0.2) is 0 Å². The zero-order valence-corrected chi connectivity index (χ0v) is 15.5. The molecule has 3 atom stereocenters. The van der Waals surface area contributed by atoms with Crippen LogP contribution < -0.4 is 0 Å². The second-order valence-corrected chi connectivity index (χ2v) is 8.35. The van der Waals surface area contributed by atoms with Crippen molar-refractivity contribution in [2.24, 2.45) is 17.8 Å². The topological polar surface area (TPSA) is 6.48 Å². The molecular formula is C18H32F4N2. The van der Waals surface area contributed by atoms with Crippen LogP contribution in [-0.4, -0.2) is 59.9 Å². The minimum Gasteiger partial charge on any atom is -0.300 e. The van der Waals surface area contributed by atoms with Gasteiger partial charge in [0, 0.05) is 62.4 Å². The zero-order chi connectivity index (χ0) is 18.3. The average Bonchev–Trinajstić information content (AvgIpc) is 2.45. The van der Waals surface area contributed by atoms with Gasteiger partial charge in [-0.05, 0) is 34.1 Å². The molecule has 0 aliphatic carbocycles. The SMILES string of the molecule is CC(C)N1CCC(F)(F)C(CC2CN(C(C)C)CC(C)C2(F)F)C1. The van der Waals surface area contributed by atoms with Crippen molar-refractivity contribution >= 4 is 0 Å². The minimum absolute atomic E-state index is 0.100. The minimum atomic E-state index is -2.87. The molecule has 2 aliphatic rings. The molecule has 0 aromatic carbocycles. The van der Waals surface area contributed by atoms with Gasteiger partial charge >= 0.3 is 0 Å². The summed E-state index contributed by atoms with van der Waals surface area (Å²) in [6.45, 7) is 10.5. The first-order valence-electron chi connectivity index (χ1n) is 9.18. The Labute approximate surface area is 143 Å². The molecule has 3 unspecified atom stereocenters. The van der Waals surface area contributed by atoms with Gasteiger partial charge in [0.25, 0.3) is 11.8 Å². The first-order valence-corrected chi connectivity index (χ1v) is 9.18. The van der Waals surface area contributed by atoms with Crippen LogP contribution in [0.4, 0.5) is 17.6 Å². The lowest BCUT2D eigenvalue weighted by Gasteiger charge is -2.47. The largest absolute Gasteiger partial charge is 0.300 e. The Balaban J connectivity index is 2.15. The molecule has 2 aliphatic heterocycles. The van der Waals surface area contributed by atoms with Gasteiger partial charge in [0.1, 0.15) is 0 Å². The Morgan fingerprint density at radius 1 is 0.875 bits per heavy atom. The van der Waals surface area contributed by atoms with Crippen molar-refractivity contribution in [2.45, 2.75) is 71.4 Å². The Morgan fingerprint density at radius 2 is 1.42 bits per heavy atom. The number of nitrogens with zero attached hydrogens (tertiary/aromatic N) is 2. The van der Waals surface area contributed by atoms with Gasteiger partial charge in [-0.2, -0.15) is 0 Å². The van der Waals surface area contributed by atoms with E-state index >= 15 is 0 Å². The van der Waals surface area contributed by atoms with Crippen LogP contribution in [0.5, 0.6) is 0 Å². The number of hydrogen-bond donors (Lipinski definition) is 0. The molecule has 2 heterocycles. The van der Waals surface area contributed by atoms with Gasteiger partial charge in [-0.1, -0.05) is 6.92 Å². The number of hydrogen-bond acceptors (Lipinski definition) is 2. The van der Waals surface area contributed by atoms with E-state index in [4.69, 9.17) is 0 Å². The molecule has 142 valence electrons. The standard InChI is InChI=1S/C18H32F4N2/c1-12(2)23-7-6-17(19,20)15(10-23)8-16-11-24(13(3)4)9-14(5)18(16,21)22/h12-16H,6-11H2,1-5H3. The second-order valence-electron chi connectivity index (χ2n) is 8.35. The second kappa shape index (κ2) is 7.10. The predicted molar refractivity (Wildman–Crippen MR) is 88.7 cm³/mol. The lowest BCUT2D eigenvalue weighted by Crippen LogP contribution is -2.57. The summed E-state index contributed by atoms with van der Waals surface area (Å²) >= 11 is 0. The molecule has 24 heavy (non-hydrogen) atoms. The molecule has 0 bridgehead atoms. The first-order chi connectivity index (χ1) is 10.9. The molecule has 0 radical (unpaired) electrons. The third kappa shape index (κ3) is 4.06. The summed E-state index contributed by atoms with van der Waals surface area (Å²) in [5, 5.41) is 0. The van der Waals surface area contributed by atoms with Crippen LogP contribution in [0.1, 0.15) is 47.5 Å². The van der Waals surface area contributed by atoms with Crippen LogP contribution in [0.15, 0.2) is 0 Å². The fraction of sp³-hybridized carbons (Fsp3) is 1.00. The maximum absolute atomic E-state index is 14.7. The van der Waals surface area contributed by atoms with Crippen molar-refractivity contribution < 1.29 is 17.6 Å². The highest BCUT2D eigenvalue weighted by Gasteiger charge is 2.53. The monoisotopic (exact) mass is 352 g/mol. The molecule has 0 amide bonds. The van der Waals surface area contributed by atoms with Crippen LogP contribution in [0.2, 0.25) is 0 Å². The normalized spacial score (nSPS) is 34.9. The van der Waals surface area contributed by atoms with Crippen molar-refractivity contribution in [1.82, 2.24) is 9.80 Å². The molecule has 0 N–H and O–H groups in total. The van der Waals surface area contributed by atoms with Crippen LogP contribution in [0.25, 0.3) is 0 Å². The Kier molecular flexibility index (Phi) is 5.91. The average molecular weight is 352 g/mol. The summed E-state index contributed by atoms with van der Waals surface area (Å²) in [5.41, 5.74) is 0. The van der Waals surface area contributed by atoms with Gasteiger partial charge < -0.3 is 4.90 Å². The molecule has 0 aromatic rings. The summed E-state index contributed by atoms with van der Waals surface area (Å²) in [4.78, 5) is 4.00. The van der Waals surface area contributed by atoms with Crippen LogP contribution in [-0.2, 0) is 0 Å². The number of alkyl halides is 4. The maximum atomic E-state index is 14.7. The molecule has 2 rings (SSSR count). The molecule has 0 saturated carbocycles. The van der Waals surface area contributed by atoms with Gasteiger partial charge in [-0.25, -0.2) is 17.6 Å². The van der Waals surface area contributed by atoms with Crippen molar-refractivity contribution in [3.05, 3.63) is 0 Å². The van der Waals surface area contributed by atoms with Gasteiger partial charge in [0.2, 0.25) is 0 Å². The van der Waals surface area contributed by atoms with Crippen LogP contribution in [0.3, 0.4) is 0 Å². The Bertz CT molecular complexity index is 425. The highest BCUT2D eigenvalue weighted by molar-refractivity contribution is 4.96. The molecule has 2 saturated heterocycles. The molecular weight excluding hydrogens is 320 g/mol. The quantitative estimate of drug-likeness (QED) is 0.694. The van der Waals surface area contributed by atoms with E-state index in [1.165, 1.54) is 0 Å². The zero-order valence-electron chi connectivity index (χ0n) is 15.5. The van der Waals surface area contributed by atoms with Crippen molar-refractivity contribution in [2.75, 3.05) is 26.2 Å². The summed E-state index contributed by atoms with van der Waals surface area (Å²) < 4.78 is 58.1. The number of rotatable bonds is 4. The Morgan fingerprint density at radius 3 is 1.96 bits per heavy atom. The van der Waals surface area contributed by atoms with E-state index in [0.29, 0.717) is 13.1 Å². The summed E-state index contributed by atoms with van der Waals surface area (Å²) in [6.07, 6.45) is -0.325. The van der Waals surface area contributed by atoms with Crippen LogP contribution >= 0.6 is 0 Å². The molecule has 6 heteroatoms. The molecule has 0 aromatic heterocycles. The fourth-order valence-corrected chi connectivity index (χ4v) is 4.07. The van der Waals surface area contributed by atoms with Crippen molar-refractivity contribution in [3.8, 4) is 0 Å². The third-order valence-electron chi connectivity index (χ3n) is 5.98. The fourth-order valence-electron chi connectivity index (χ4n) is 4.07. The van der Waals surface area contributed by atoms with E-state index in [0.717, 1.165) is 0 Å². The van der Waals surface area contributed by atoms with Gasteiger partial charge in [-0.15, -0.1) is 0 Å². The molecule has 2 fully saturated rings.